The Hall–Kier alpha value is -0.650. The molecule has 3 heterocycles. The van der Waals surface area contributed by atoms with Gasteiger partial charge in [-0.3, -0.25) is 4.79 Å². The van der Waals surface area contributed by atoms with Gasteiger partial charge in [0.1, 0.15) is 42.9 Å². The van der Waals surface area contributed by atoms with E-state index in [9.17, 15) is 4.79 Å². The average molecular weight is 365 g/mol. The summed E-state index contributed by atoms with van der Waals surface area (Å²) < 4.78 is 18.4. The zero-order valence-electron chi connectivity index (χ0n) is 16.6. The first-order valence-corrected chi connectivity index (χ1v) is 10.7. The highest BCUT2D eigenvalue weighted by Crippen LogP contribution is 2.70. The van der Waals surface area contributed by atoms with E-state index in [0.29, 0.717) is 5.92 Å². The van der Waals surface area contributed by atoms with Gasteiger partial charge in [-0.25, -0.2) is 0 Å². The van der Waals surface area contributed by atoms with Crippen LogP contribution in [0.15, 0.2) is 0 Å². The van der Waals surface area contributed by atoms with E-state index in [0.717, 1.165) is 26.1 Å². The fourth-order valence-electron chi connectivity index (χ4n) is 7.33. The van der Waals surface area contributed by atoms with E-state index in [1.807, 2.05) is 0 Å². The molecule has 0 radical (unpaired) electrons. The number of esters is 1. The van der Waals surface area contributed by atoms with Crippen LogP contribution in [-0.2, 0) is 19.0 Å². The second-order valence-corrected chi connectivity index (χ2v) is 10.2. The Morgan fingerprint density at radius 3 is 2.65 bits per heavy atom. The smallest absolute Gasteiger partial charge is 0.315 e. The molecule has 146 valence electrons. The number of quaternary nitrogens is 1. The summed E-state index contributed by atoms with van der Waals surface area (Å²) in [7, 11) is 0. The molecule has 2 aliphatic carbocycles. The second kappa shape index (κ2) is 5.68. The second-order valence-electron chi connectivity index (χ2n) is 10.2. The molecule has 5 aliphatic rings. The maximum Gasteiger partial charge on any atom is 0.315 e. The van der Waals surface area contributed by atoms with Gasteiger partial charge in [0.15, 0.2) is 0 Å². The van der Waals surface area contributed by atoms with Gasteiger partial charge in [0.25, 0.3) is 0 Å². The molecule has 1 N–H and O–H groups in total. The van der Waals surface area contributed by atoms with Crippen molar-refractivity contribution in [1.82, 2.24) is 0 Å². The average Bonchev–Trinajstić information content (AvgIpc) is 3.22. The lowest BCUT2D eigenvalue weighted by Crippen LogP contribution is -3.16. The van der Waals surface area contributed by atoms with Gasteiger partial charge < -0.3 is 19.1 Å². The predicted molar refractivity (Wildman–Crippen MR) is 95.8 cm³/mol. The van der Waals surface area contributed by atoms with Crippen LogP contribution in [0, 0.1) is 23.2 Å². The molecular formula is C21H34NO4+. The van der Waals surface area contributed by atoms with Crippen molar-refractivity contribution in [3.63, 3.8) is 0 Å². The lowest BCUT2D eigenvalue weighted by Gasteiger charge is -2.48. The number of carbonyl (C=O) groups is 1. The fourth-order valence-corrected chi connectivity index (χ4v) is 7.33. The highest BCUT2D eigenvalue weighted by molar-refractivity contribution is 5.76. The Kier molecular flexibility index (Phi) is 3.81. The molecule has 1 spiro atoms. The SMILES string of the molecule is C[C@@H]1C[NH+](C[C@H]2C(=O)O[C@@H]3C[C@@]4(C)CCC[C@H](C)[C@]45O[C@@H]5[C@@H]32)C[C@H](C)O1. The Morgan fingerprint density at radius 2 is 1.92 bits per heavy atom. The predicted octanol–water partition coefficient (Wildman–Crippen LogP) is 1.20. The molecule has 5 nitrogen and oxygen atoms in total. The van der Waals surface area contributed by atoms with E-state index in [4.69, 9.17) is 14.2 Å². The number of hydrogen-bond donors (Lipinski definition) is 1. The van der Waals surface area contributed by atoms with E-state index < -0.39 is 0 Å². The van der Waals surface area contributed by atoms with Gasteiger partial charge in [-0.15, -0.1) is 0 Å². The third kappa shape index (κ3) is 2.29. The first-order valence-electron chi connectivity index (χ1n) is 10.7. The number of carbonyl (C=O) groups excluding carboxylic acids is 1. The first-order chi connectivity index (χ1) is 12.3. The molecule has 0 aromatic carbocycles. The van der Waals surface area contributed by atoms with Crippen LogP contribution in [-0.4, -0.2) is 55.6 Å². The van der Waals surface area contributed by atoms with E-state index in [1.165, 1.54) is 24.2 Å². The summed E-state index contributed by atoms with van der Waals surface area (Å²) in [5.41, 5.74) is 0.195. The van der Waals surface area contributed by atoms with Gasteiger partial charge >= 0.3 is 5.97 Å². The zero-order chi connectivity index (χ0) is 18.3. The minimum atomic E-state index is -0.00412. The van der Waals surface area contributed by atoms with Crippen molar-refractivity contribution in [2.45, 2.75) is 83.4 Å². The monoisotopic (exact) mass is 364 g/mol. The van der Waals surface area contributed by atoms with Crippen molar-refractivity contribution >= 4 is 5.97 Å². The maximum atomic E-state index is 12.8. The summed E-state index contributed by atoms with van der Waals surface area (Å²) >= 11 is 0. The normalized spacial score (nSPS) is 58.4. The maximum absolute atomic E-state index is 12.8. The van der Waals surface area contributed by atoms with Crippen LogP contribution in [0.5, 0.6) is 0 Å². The van der Waals surface area contributed by atoms with E-state index >= 15 is 0 Å². The van der Waals surface area contributed by atoms with Crippen molar-refractivity contribution in [2.75, 3.05) is 19.6 Å². The van der Waals surface area contributed by atoms with Gasteiger partial charge in [0.2, 0.25) is 0 Å². The minimum Gasteiger partial charge on any atom is -0.462 e. The molecule has 0 aromatic rings. The highest BCUT2D eigenvalue weighted by atomic mass is 16.6. The molecule has 5 rings (SSSR count). The number of nitrogens with one attached hydrogen (secondary N) is 1. The summed E-state index contributed by atoms with van der Waals surface area (Å²) in [6.45, 7) is 11.9. The zero-order valence-corrected chi connectivity index (χ0v) is 16.6. The molecule has 3 saturated heterocycles. The van der Waals surface area contributed by atoms with Crippen LogP contribution in [0.25, 0.3) is 0 Å². The van der Waals surface area contributed by atoms with Crippen LogP contribution in [0.3, 0.4) is 0 Å². The third-order valence-electron chi connectivity index (χ3n) is 8.32. The van der Waals surface area contributed by atoms with Crippen molar-refractivity contribution < 1.29 is 23.9 Å². The van der Waals surface area contributed by atoms with Gasteiger partial charge in [0, 0.05) is 11.3 Å². The molecule has 5 fully saturated rings. The Bertz CT molecular complexity index is 601. The standard InChI is InChI=1S/C21H33NO4/c1-12-6-5-7-20(4)8-16-17(18-21(12,20)26-18)15(19(23)25-16)11-22-9-13(2)24-14(3)10-22/h12-18H,5-11H2,1-4H3/p+1/t12-,13-,14+,15+,16+,17+,18+,20+,21+/m0/s1. The minimum absolute atomic E-state index is 0.00412. The number of rotatable bonds is 2. The van der Waals surface area contributed by atoms with E-state index in [-0.39, 0.29) is 53.2 Å². The summed E-state index contributed by atoms with van der Waals surface area (Å²) in [4.78, 5) is 14.3. The summed E-state index contributed by atoms with van der Waals surface area (Å²) in [5.74, 6) is 0.881. The Morgan fingerprint density at radius 1 is 1.19 bits per heavy atom. The number of morpholine rings is 1. The summed E-state index contributed by atoms with van der Waals surface area (Å²) in [5, 5.41) is 0. The van der Waals surface area contributed by atoms with Crippen LogP contribution < -0.4 is 4.90 Å². The molecule has 0 bridgehead atoms. The van der Waals surface area contributed by atoms with Crippen molar-refractivity contribution in [1.29, 1.82) is 0 Å². The number of epoxide rings is 1. The van der Waals surface area contributed by atoms with Gasteiger partial charge in [-0.2, -0.15) is 0 Å². The lowest BCUT2D eigenvalue weighted by atomic mass is 9.53. The van der Waals surface area contributed by atoms with Gasteiger partial charge in [-0.1, -0.05) is 20.3 Å². The number of fused-ring (bicyclic) bond motifs is 2. The van der Waals surface area contributed by atoms with E-state index in [1.54, 1.807) is 0 Å². The quantitative estimate of drug-likeness (QED) is 0.591. The number of hydrogen-bond acceptors (Lipinski definition) is 4. The summed E-state index contributed by atoms with van der Waals surface area (Å²) in [6, 6.07) is 0. The highest BCUT2D eigenvalue weighted by Gasteiger charge is 2.78. The van der Waals surface area contributed by atoms with E-state index in [2.05, 4.69) is 27.7 Å². The lowest BCUT2D eigenvalue weighted by molar-refractivity contribution is -0.917. The molecule has 26 heavy (non-hydrogen) atoms. The van der Waals surface area contributed by atoms with Crippen LogP contribution in [0.2, 0.25) is 0 Å². The Balaban J connectivity index is 1.38. The molecule has 3 aliphatic heterocycles. The summed E-state index contributed by atoms with van der Waals surface area (Å²) in [6.07, 6.45) is 5.56. The number of ether oxygens (including phenoxy) is 3. The largest absolute Gasteiger partial charge is 0.462 e. The molecule has 2 saturated carbocycles. The third-order valence-corrected chi connectivity index (χ3v) is 8.32. The van der Waals surface area contributed by atoms with Crippen LogP contribution in [0.4, 0.5) is 0 Å². The Labute approximate surface area is 156 Å². The molecule has 0 aromatic heterocycles. The fraction of sp³-hybridized carbons (Fsp3) is 0.952. The van der Waals surface area contributed by atoms with Crippen molar-refractivity contribution in [3.05, 3.63) is 0 Å². The molecule has 5 heteroatoms. The van der Waals surface area contributed by atoms with Crippen molar-refractivity contribution in [2.24, 2.45) is 23.2 Å². The van der Waals surface area contributed by atoms with Gasteiger partial charge in [-0.05, 0) is 39.0 Å². The molecular weight excluding hydrogens is 330 g/mol. The molecule has 1 unspecified atom stereocenters. The first kappa shape index (κ1) is 17.4. The van der Waals surface area contributed by atoms with Crippen LogP contribution >= 0.6 is 0 Å². The van der Waals surface area contributed by atoms with Crippen molar-refractivity contribution in [3.8, 4) is 0 Å². The topological polar surface area (TPSA) is 52.5 Å². The van der Waals surface area contributed by atoms with Gasteiger partial charge in [0.05, 0.1) is 12.6 Å². The van der Waals surface area contributed by atoms with Crippen LogP contribution in [0.1, 0.15) is 53.4 Å². The molecule has 0 amide bonds. The molecule has 10 atom stereocenters.